The van der Waals surface area contributed by atoms with Crippen molar-refractivity contribution in [1.29, 1.82) is 0 Å². The fourth-order valence-corrected chi connectivity index (χ4v) is 4.61. The number of hydrogen-bond donors (Lipinski definition) is 1. The van der Waals surface area contributed by atoms with Gasteiger partial charge in [0.15, 0.2) is 0 Å². The highest BCUT2D eigenvalue weighted by Gasteiger charge is 2.32. The first-order valence-electron chi connectivity index (χ1n) is 11.0. The van der Waals surface area contributed by atoms with Gasteiger partial charge in [0.1, 0.15) is 12.6 Å². The summed E-state index contributed by atoms with van der Waals surface area (Å²) in [7, 11) is -3.76. The molecule has 7 nitrogen and oxygen atoms in total. The van der Waals surface area contributed by atoms with E-state index in [2.05, 4.69) is 21.2 Å². The Morgan fingerprint density at radius 1 is 1.03 bits per heavy atom. The lowest BCUT2D eigenvalue weighted by Crippen LogP contribution is -2.53. The Balaban J connectivity index is 2.41. The molecule has 0 aliphatic heterocycles. The van der Waals surface area contributed by atoms with Crippen LogP contribution < -0.4 is 9.62 Å². The molecular formula is C24H31BrClN3O4S. The summed E-state index contributed by atoms with van der Waals surface area (Å²) in [6, 6.07) is 12.8. The number of amides is 2. The van der Waals surface area contributed by atoms with Gasteiger partial charge in [0.05, 0.1) is 11.9 Å². The Morgan fingerprint density at radius 2 is 1.62 bits per heavy atom. The molecule has 186 valence electrons. The second kappa shape index (κ2) is 12.6. The second-order valence-electron chi connectivity index (χ2n) is 8.14. The van der Waals surface area contributed by atoms with Gasteiger partial charge >= 0.3 is 0 Å². The predicted molar refractivity (Wildman–Crippen MR) is 140 cm³/mol. The van der Waals surface area contributed by atoms with Crippen LogP contribution in [0, 0.1) is 0 Å². The molecule has 2 aromatic carbocycles. The van der Waals surface area contributed by atoms with E-state index in [1.165, 1.54) is 4.90 Å². The minimum absolute atomic E-state index is 0.0516. The van der Waals surface area contributed by atoms with Gasteiger partial charge < -0.3 is 10.2 Å². The highest BCUT2D eigenvalue weighted by atomic mass is 79.9. The van der Waals surface area contributed by atoms with Crippen LogP contribution in [0.5, 0.6) is 0 Å². The third-order valence-electron chi connectivity index (χ3n) is 5.45. The molecule has 1 N–H and O–H groups in total. The molecule has 0 saturated heterocycles. The Bertz CT molecular complexity index is 1080. The van der Waals surface area contributed by atoms with Gasteiger partial charge in [-0.25, -0.2) is 8.42 Å². The van der Waals surface area contributed by atoms with Crippen molar-refractivity contribution >= 4 is 55.1 Å². The molecule has 34 heavy (non-hydrogen) atoms. The molecule has 0 heterocycles. The van der Waals surface area contributed by atoms with Crippen LogP contribution >= 0.6 is 27.5 Å². The molecule has 0 saturated carbocycles. The third-order valence-corrected chi connectivity index (χ3v) is 7.37. The molecule has 2 rings (SSSR count). The van der Waals surface area contributed by atoms with Gasteiger partial charge in [-0.05, 0) is 61.7 Å². The first-order valence-corrected chi connectivity index (χ1v) is 14.1. The Labute approximate surface area is 215 Å². The van der Waals surface area contributed by atoms with E-state index in [0.29, 0.717) is 17.1 Å². The molecule has 2 aromatic rings. The molecule has 2 unspecified atom stereocenters. The Morgan fingerprint density at radius 3 is 2.12 bits per heavy atom. The van der Waals surface area contributed by atoms with E-state index < -0.39 is 28.5 Å². The van der Waals surface area contributed by atoms with Crippen molar-refractivity contribution in [3.63, 3.8) is 0 Å². The number of sulfonamides is 1. The van der Waals surface area contributed by atoms with E-state index in [1.54, 1.807) is 48.5 Å². The number of rotatable bonds is 11. The lowest BCUT2D eigenvalue weighted by molar-refractivity contribution is -0.140. The molecule has 0 aliphatic carbocycles. The van der Waals surface area contributed by atoms with E-state index in [4.69, 9.17) is 11.6 Å². The molecule has 0 fully saturated rings. The number of halogens is 2. The zero-order valence-electron chi connectivity index (χ0n) is 19.8. The number of carbonyl (C=O) groups excluding carboxylic acids is 2. The largest absolute Gasteiger partial charge is 0.352 e. The number of carbonyl (C=O) groups is 2. The minimum atomic E-state index is -3.76. The summed E-state index contributed by atoms with van der Waals surface area (Å²) in [5.41, 5.74) is 1.14. The van der Waals surface area contributed by atoms with E-state index in [9.17, 15) is 18.0 Å². The van der Waals surface area contributed by atoms with Gasteiger partial charge in [-0.15, -0.1) is 0 Å². The van der Waals surface area contributed by atoms with Crippen LogP contribution in [0.3, 0.4) is 0 Å². The van der Waals surface area contributed by atoms with Crippen LogP contribution in [0.2, 0.25) is 5.02 Å². The summed E-state index contributed by atoms with van der Waals surface area (Å²) in [4.78, 5) is 28.1. The number of benzene rings is 2. The van der Waals surface area contributed by atoms with E-state index in [-0.39, 0.29) is 18.5 Å². The fraction of sp³-hybridized carbons (Fsp3) is 0.417. The van der Waals surface area contributed by atoms with Crippen LogP contribution in [-0.4, -0.2) is 50.0 Å². The van der Waals surface area contributed by atoms with Crippen LogP contribution in [0.15, 0.2) is 53.0 Å². The normalized spacial score (nSPS) is 13.1. The van der Waals surface area contributed by atoms with Crippen LogP contribution in [0.4, 0.5) is 5.69 Å². The maximum absolute atomic E-state index is 13.6. The first kappa shape index (κ1) is 28.1. The van der Waals surface area contributed by atoms with Crippen molar-refractivity contribution < 1.29 is 18.0 Å². The zero-order chi connectivity index (χ0) is 25.5. The van der Waals surface area contributed by atoms with Crippen molar-refractivity contribution in [3.8, 4) is 0 Å². The zero-order valence-corrected chi connectivity index (χ0v) is 23.0. The summed E-state index contributed by atoms with van der Waals surface area (Å²) in [6.45, 7) is 5.40. The average Bonchev–Trinajstić information content (AvgIpc) is 2.78. The topological polar surface area (TPSA) is 86.8 Å². The van der Waals surface area contributed by atoms with Gasteiger partial charge in [-0.2, -0.15) is 0 Å². The number of hydrogen-bond acceptors (Lipinski definition) is 4. The molecule has 0 radical (unpaired) electrons. The summed E-state index contributed by atoms with van der Waals surface area (Å²) < 4.78 is 27.0. The average molecular weight is 573 g/mol. The molecule has 0 spiro atoms. The van der Waals surface area contributed by atoms with Gasteiger partial charge in [0.25, 0.3) is 0 Å². The van der Waals surface area contributed by atoms with Gasteiger partial charge in [0.2, 0.25) is 21.8 Å². The standard InChI is InChI=1S/C24H31BrClN3O4S/c1-5-17(3)27-24(31)22(6-2)28(15-18-7-11-20(26)12-8-18)23(30)16-29(34(4,32)33)21-13-9-19(25)10-14-21/h7-14,17,22H,5-6,15-16H2,1-4H3,(H,27,31). The summed E-state index contributed by atoms with van der Waals surface area (Å²) in [5.74, 6) is -0.747. The molecule has 2 amide bonds. The van der Waals surface area contributed by atoms with Gasteiger partial charge in [0, 0.05) is 22.1 Å². The lowest BCUT2D eigenvalue weighted by Gasteiger charge is -2.33. The Kier molecular flexibility index (Phi) is 10.4. The maximum Gasteiger partial charge on any atom is 0.244 e. The molecule has 10 heteroatoms. The van der Waals surface area contributed by atoms with Crippen molar-refractivity contribution in [1.82, 2.24) is 10.2 Å². The minimum Gasteiger partial charge on any atom is -0.352 e. The van der Waals surface area contributed by atoms with Crippen LogP contribution in [-0.2, 0) is 26.2 Å². The van der Waals surface area contributed by atoms with Crippen LogP contribution in [0.1, 0.15) is 39.2 Å². The maximum atomic E-state index is 13.6. The molecule has 0 bridgehead atoms. The molecule has 2 atom stereocenters. The number of nitrogens with zero attached hydrogens (tertiary/aromatic N) is 2. The monoisotopic (exact) mass is 571 g/mol. The smallest absolute Gasteiger partial charge is 0.244 e. The molecule has 0 aliphatic rings. The molecule has 0 aromatic heterocycles. The third kappa shape index (κ3) is 7.99. The summed E-state index contributed by atoms with van der Waals surface area (Å²) >= 11 is 9.33. The summed E-state index contributed by atoms with van der Waals surface area (Å²) in [6.07, 6.45) is 2.18. The second-order valence-corrected chi connectivity index (χ2v) is 11.4. The molecular weight excluding hydrogens is 542 g/mol. The van der Waals surface area contributed by atoms with E-state index in [0.717, 1.165) is 27.0 Å². The van der Waals surface area contributed by atoms with Crippen molar-refractivity contribution in [2.24, 2.45) is 0 Å². The SMILES string of the molecule is CCC(C)NC(=O)C(CC)N(Cc1ccc(Cl)cc1)C(=O)CN(c1ccc(Br)cc1)S(C)(=O)=O. The highest BCUT2D eigenvalue weighted by molar-refractivity contribution is 9.10. The van der Waals surface area contributed by atoms with Crippen LogP contribution in [0.25, 0.3) is 0 Å². The number of nitrogens with one attached hydrogen (secondary N) is 1. The van der Waals surface area contributed by atoms with Crippen molar-refractivity contribution in [2.45, 2.75) is 52.2 Å². The van der Waals surface area contributed by atoms with Gasteiger partial charge in [-0.1, -0.05) is 53.5 Å². The Hall–Kier alpha value is -2.10. The van der Waals surface area contributed by atoms with Gasteiger partial charge in [-0.3, -0.25) is 13.9 Å². The quantitative estimate of drug-likeness (QED) is 0.427. The van der Waals surface area contributed by atoms with Crippen molar-refractivity contribution in [2.75, 3.05) is 17.1 Å². The first-order chi connectivity index (χ1) is 16.0. The summed E-state index contributed by atoms with van der Waals surface area (Å²) in [5, 5.41) is 3.50. The fourth-order valence-electron chi connectivity index (χ4n) is 3.37. The van der Waals surface area contributed by atoms with Crippen molar-refractivity contribution in [3.05, 3.63) is 63.6 Å². The predicted octanol–water partition coefficient (Wildman–Crippen LogP) is 4.59. The lowest BCUT2D eigenvalue weighted by atomic mass is 10.1. The highest BCUT2D eigenvalue weighted by Crippen LogP contribution is 2.22. The van der Waals surface area contributed by atoms with E-state index >= 15 is 0 Å². The van der Waals surface area contributed by atoms with E-state index in [1.807, 2.05) is 20.8 Å². The number of anilines is 1.